The van der Waals surface area contributed by atoms with Crippen molar-refractivity contribution < 1.29 is 14.1 Å². The predicted molar refractivity (Wildman–Crippen MR) is 106 cm³/mol. The Bertz CT molecular complexity index is 996. The summed E-state index contributed by atoms with van der Waals surface area (Å²) in [5.41, 5.74) is 1.00. The molecule has 0 aliphatic carbocycles. The molecule has 0 saturated carbocycles. The van der Waals surface area contributed by atoms with Gasteiger partial charge in [0, 0.05) is 12.5 Å². The van der Waals surface area contributed by atoms with Gasteiger partial charge in [0.25, 0.3) is 0 Å². The summed E-state index contributed by atoms with van der Waals surface area (Å²) in [7, 11) is 1.65. The Labute approximate surface area is 164 Å². The predicted octanol–water partition coefficient (Wildman–Crippen LogP) is 4.26. The first-order valence-electron chi connectivity index (χ1n) is 9.75. The summed E-state index contributed by atoms with van der Waals surface area (Å²) in [5, 5.41) is 6.28. The third-order valence-corrected chi connectivity index (χ3v) is 5.34. The van der Waals surface area contributed by atoms with E-state index < -0.39 is 0 Å². The molecule has 146 valence electrons. The van der Waals surface area contributed by atoms with Crippen LogP contribution >= 0.6 is 0 Å². The van der Waals surface area contributed by atoms with Gasteiger partial charge in [-0.05, 0) is 41.3 Å². The van der Waals surface area contributed by atoms with Gasteiger partial charge in [0.05, 0.1) is 19.6 Å². The molecule has 0 bridgehead atoms. The lowest BCUT2D eigenvalue weighted by Crippen LogP contribution is -2.32. The quantitative estimate of drug-likeness (QED) is 0.662. The number of amides is 1. The average molecular weight is 379 g/mol. The number of ether oxygens (including phenoxy) is 1. The fourth-order valence-electron chi connectivity index (χ4n) is 3.81. The van der Waals surface area contributed by atoms with Gasteiger partial charge in [0.1, 0.15) is 5.75 Å². The van der Waals surface area contributed by atoms with Gasteiger partial charge in [-0.15, -0.1) is 0 Å². The molecule has 1 saturated heterocycles. The third kappa shape index (κ3) is 3.46. The molecule has 1 unspecified atom stereocenters. The highest BCUT2D eigenvalue weighted by molar-refractivity contribution is 5.91. The maximum atomic E-state index is 13.1. The molecule has 2 heterocycles. The summed E-state index contributed by atoms with van der Waals surface area (Å²) >= 11 is 0. The number of carbonyl (C=O) groups excluding carboxylic acids is 1. The van der Waals surface area contributed by atoms with E-state index in [9.17, 15) is 4.79 Å². The van der Waals surface area contributed by atoms with Crippen LogP contribution in [0.4, 0.5) is 0 Å². The molecule has 3 aromatic rings. The standard InChI is InChI=1S/C22H25N3O3/c1-14(2)22-23-21(24-28-22)19-8-5-11-25(19)20(26)12-16-7-4-6-15-9-10-17(27-3)13-18(15)16/h4,6-7,9-10,13-14,19H,5,8,11-12H2,1-3H3. The first-order valence-corrected chi connectivity index (χ1v) is 9.75. The Balaban J connectivity index is 1.58. The summed E-state index contributed by atoms with van der Waals surface area (Å²) in [6.07, 6.45) is 2.16. The maximum absolute atomic E-state index is 13.1. The minimum absolute atomic E-state index is 0.0914. The van der Waals surface area contributed by atoms with E-state index >= 15 is 0 Å². The largest absolute Gasteiger partial charge is 0.497 e. The van der Waals surface area contributed by atoms with Gasteiger partial charge < -0.3 is 14.2 Å². The maximum Gasteiger partial charge on any atom is 0.229 e. The van der Waals surface area contributed by atoms with Crippen LogP contribution in [0.3, 0.4) is 0 Å². The van der Waals surface area contributed by atoms with Gasteiger partial charge in [-0.1, -0.05) is 43.3 Å². The van der Waals surface area contributed by atoms with Crippen molar-refractivity contribution in [2.45, 2.75) is 45.1 Å². The molecule has 2 aromatic carbocycles. The number of rotatable bonds is 5. The number of nitrogens with zero attached hydrogens (tertiary/aromatic N) is 3. The van der Waals surface area contributed by atoms with Crippen molar-refractivity contribution in [3.05, 3.63) is 53.7 Å². The normalized spacial score (nSPS) is 16.9. The van der Waals surface area contributed by atoms with E-state index in [1.807, 2.05) is 55.1 Å². The van der Waals surface area contributed by atoms with Crippen molar-refractivity contribution in [2.75, 3.05) is 13.7 Å². The van der Waals surface area contributed by atoms with Crippen LogP contribution in [-0.4, -0.2) is 34.6 Å². The Hall–Kier alpha value is -2.89. The SMILES string of the molecule is COc1ccc2cccc(CC(=O)N3CCCC3c3noc(C(C)C)n3)c2c1. The molecule has 6 heteroatoms. The third-order valence-electron chi connectivity index (χ3n) is 5.34. The number of hydrogen-bond acceptors (Lipinski definition) is 5. The van der Waals surface area contributed by atoms with Gasteiger partial charge in [-0.25, -0.2) is 0 Å². The lowest BCUT2D eigenvalue weighted by molar-refractivity contribution is -0.131. The Morgan fingerprint density at radius 3 is 2.93 bits per heavy atom. The van der Waals surface area contributed by atoms with E-state index in [1.165, 1.54) is 0 Å². The number of aromatic nitrogens is 2. The summed E-state index contributed by atoms with van der Waals surface area (Å²) in [5.74, 6) is 2.30. The van der Waals surface area contributed by atoms with Crippen LogP contribution < -0.4 is 4.74 Å². The highest BCUT2D eigenvalue weighted by Gasteiger charge is 2.33. The fourth-order valence-corrected chi connectivity index (χ4v) is 3.81. The van der Waals surface area contributed by atoms with Crippen LogP contribution in [0.2, 0.25) is 0 Å². The van der Waals surface area contributed by atoms with Gasteiger partial charge in [-0.2, -0.15) is 4.98 Å². The second-order valence-electron chi connectivity index (χ2n) is 7.57. The van der Waals surface area contributed by atoms with E-state index in [-0.39, 0.29) is 17.9 Å². The molecule has 1 atom stereocenters. The van der Waals surface area contributed by atoms with Crippen molar-refractivity contribution in [3.8, 4) is 5.75 Å². The summed E-state index contributed by atoms with van der Waals surface area (Å²) in [4.78, 5) is 19.6. The van der Waals surface area contributed by atoms with Crippen LogP contribution in [0.15, 0.2) is 40.9 Å². The molecule has 1 aliphatic rings. The van der Waals surface area contributed by atoms with Gasteiger partial charge >= 0.3 is 0 Å². The van der Waals surface area contributed by atoms with Crippen molar-refractivity contribution in [2.24, 2.45) is 0 Å². The van der Waals surface area contributed by atoms with E-state index in [0.29, 0.717) is 18.1 Å². The lowest BCUT2D eigenvalue weighted by Gasteiger charge is -2.22. The minimum atomic E-state index is -0.103. The first-order chi connectivity index (χ1) is 13.6. The number of methoxy groups -OCH3 is 1. The van der Waals surface area contributed by atoms with Crippen molar-refractivity contribution >= 4 is 16.7 Å². The molecule has 1 aliphatic heterocycles. The van der Waals surface area contributed by atoms with Crippen molar-refractivity contribution in [3.63, 3.8) is 0 Å². The van der Waals surface area contributed by atoms with Crippen LogP contribution in [-0.2, 0) is 11.2 Å². The van der Waals surface area contributed by atoms with Crippen LogP contribution in [0.1, 0.15) is 55.9 Å². The Morgan fingerprint density at radius 1 is 1.32 bits per heavy atom. The highest BCUT2D eigenvalue weighted by atomic mass is 16.5. The van der Waals surface area contributed by atoms with E-state index in [0.717, 1.165) is 41.5 Å². The summed E-state index contributed by atoms with van der Waals surface area (Å²) < 4.78 is 10.7. The molecule has 28 heavy (non-hydrogen) atoms. The van der Waals surface area contributed by atoms with E-state index in [1.54, 1.807) is 7.11 Å². The first kappa shape index (κ1) is 18.5. The van der Waals surface area contributed by atoms with Crippen LogP contribution in [0.5, 0.6) is 5.75 Å². The molecule has 0 radical (unpaired) electrons. The molecule has 1 amide bonds. The second-order valence-corrected chi connectivity index (χ2v) is 7.57. The van der Waals surface area contributed by atoms with Crippen molar-refractivity contribution in [1.82, 2.24) is 15.0 Å². The van der Waals surface area contributed by atoms with Gasteiger partial charge in [-0.3, -0.25) is 4.79 Å². The topological polar surface area (TPSA) is 68.5 Å². The zero-order chi connectivity index (χ0) is 19.7. The minimum Gasteiger partial charge on any atom is -0.497 e. The zero-order valence-corrected chi connectivity index (χ0v) is 16.5. The van der Waals surface area contributed by atoms with E-state index in [4.69, 9.17) is 9.26 Å². The molecule has 1 fully saturated rings. The molecule has 0 N–H and O–H groups in total. The molecular weight excluding hydrogens is 354 g/mol. The van der Waals surface area contributed by atoms with Gasteiger partial charge in [0.15, 0.2) is 5.82 Å². The second kappa shape index (κ2) is 7.62. The van der Waals surface area contributed by atoms with Crippen LogP contribution in [0.25, 0.3) is 10.8 Å². The summed E-state index contributed by atoms with van der Waals surface area (Å²) in [6.45, 7) is 4.76. The number of benzene rings is 2. The number of carbonyl (C=O) groups is 1. The lowest BCUT2D eigenvalue weighted by atomic mass is 10.0. The molecule has 6 nitrogen and oxygen atoms in total. The van der Waals surface area contributed by atoms with Crippen LogP contribution in [0, 0.1) is 0 Å². The summed E-state index contributed by atoms with van der Waals surface area (Å²) in [6, 6.07) is 11.9. The monoisotopic (exact) mass is 379 g/mol. The molecule has 1 aromatic heterocycles. The number of fused-ring (bicyclic) bond motifs is 1. The molecule has 0 spiro atoms. The fraction of sp³-hybridized carbons (Fsp3) is 0.409. The smallest absolute Gasteiger partial charge is 0.229 e. The number of likely N-dealkylation sites (tertiary alicyclic amines) is 1. The Kier molecular flexibility index (Phi) is 5.03. The van der Waals surface area contributed by atoms with E-state index in [2.05, 4.69) is 10.1 Å². The van der Waals surface area contributed by atoms with Crippen molar-refractivity contribution in [1.29, 1.82) is 0 Å². The Morgan fingerprint density at radius 2 is 2.18 bits per heavy atom. The van der Waals surface area contributed by atoms with Gasteiger partial charge in [0.2, 0.25) is 11.8 Å². The average Bonchev–Trinajstić information content (AvgIpc) is 3.37. The molecule has 4 rings (SSSR count). The zero-order valence-electron chi connectivity index (χ0n) is 16.5. The highest BCUT2D eigenvalue weighted by Crippen LogP contribution is 2.32. The molecular formula is C22H25N3O3. The number of hydrogen-bond donors (Lipinski definition) is 0.